The molecule has 0 aliphatic carbocycles. The summed E-state index contributed by atoms with van der Waals surface area (Å²) in [6.45, 7) is 4.17. The Morgan fingerprint density at radius 1 is 1.05 bits per heavy atom. The van der Waals surface area contributed by atoms with Gasteiger partial charge in [-0.3, -0.25) is 4.90 Å². The zero-order valence-corrected chi connectivity index (χ0v) is 11.0. The van der Waals surface area contributed by atoms with Gasteiger partial charge in [-0.1, -0.05) is 42.5 Å². The van der Waals surface area contributed by atoms with Crippen LogP contribution in [0.3, 0.4) is 0 Å². The maximum atomic E-state index is 9.83. The van der Waals surface area contributed by atoms with Gasteiger partial charge in [0, 0.05) is 26.2 Å². The molecule has 1 aliphatic rings. The molecule has 19 heavy (non-hydrogen) atoms. The topological polar surface area (TPSA) is 35.5 Å². The maximum Gasteiger partial charge on any atom is 0.0628 e. The van der Waals surface area contributed by atoms with Crippen LogP contribution in [0.5, 0.6) is 0 Å². The summed E-state index contributed by atoms with van der Waals surface area (Å²) in [6, 6.07) is 14.9. The Morgan fingerprint density at radius 3 is 2.58 bits per heavy atom. The number of fused-ring (bicyclic) bond motifs is 1. The average Bonchev–Trinajstić information content (AvgIpc) is 2.49. The molecule has 100 valence electrons. The van der Waals surface area contributed by atoms with Crippen molar-refractivity contribution in [1.29, 1.82) is 0 Å². The molecule has 3 rings (SSSR count). The highest BCUT2D eigenvalue weighted by Gasteiger charge is 2.22. The van der Waals surface area contributed by atoms with Crippen LogP contribution in [-0.4, -0.2) is 42.8 Å². The molecule has 3 nitrogen and oxygen atoms in total. The molecule has 1 unspecified atom stereocenters. The fourth-order valence-corrected chi connectivity index (χ4v) is 2.95. The molecule has 1 saturated heterocycles. The van der Waals surface area contributed by atoms with Gasteiger partial charge in [0.05, 0.1) is 12.6 Å². The lowest BCUT2D eigenvalue weighted by atomic mass is 9.97. The molecule has 1 atom stereocenters. The summed E-state index contributed by atoms with van der Waals surface area (Å²) in [6.07, 6.45) is 0. The van der Waals surface area contributed by atoms with Crippen molar-refractivity contribution in [1.82, 2.24) is 10.2 Å². The molecule has 3 heteroatoms. The molecule has 0 aromatic heterocycles. The summed E-state index contributed by atoms with van der Waals surface area (Å²) < 4.78 is 0. The number of rotatable bonds is 3. The summed E-state index contributed by atoms with van der Waals surface area (Å²) in [5.41, 5.74) is 1.24. The number of aliphatic hydroxyl groups is 1. The molecular weight excluding hydrogens is 236 g/mol. The van der Waals surface area contributed by atoms with Crippen molar-refractivity contribution in [2.75, 3.05) is 32.8 Å². The lowest BCUT2D eigenvalue weighted by Crippen LogP contribution is -2.46. The van der Waals surface area contributed by atoms with Crippen molar-refractivity contribution in [3.8, 4) is 0 Å². The predicted molar refractivity (Wildman–Crippen MR) is 78.2 cm³/mol. The third-order valence-corrected chi connectivity index (χ3v) is 3.95. The first-order valence-electron chi connectivity index (χ1n) is 6.93. The van der Waals surface area contributed by atoms with Crippen LogP contribution in [0, 0.1) is 0 Å². The third kappa shape index (κ3) is 2.50. The summed E-state index contributed by atoms with van der Waals surface area (Å²) in [4.78, 5) is 2.37. The van der Waals surface area contributed by atoms with Gasteiger partial charge < -0.3 is 10.4 Å². The Labute approximate surface area is 113 Å². The minimum atomic E-state index is 0.105. The zero-order chi connectivity index (χ0) is 13.1. The van der Waals surface area contributed by atoms with Gasteiger partial charge in [-0.05, 0) is 16.3 Å². The minimum absolute atomic E-state index is 0.105. The highest BCUT2D eigenvalue weighted by molar-refractivity contribution is 5.86. The monoisotopic (exact) mass is 256 g/mol. The molecule has 1 fully saturated rings. The van der Waals surface area contributed by atoms with E-state index in [0.29, 0.717) is 0 Å². The first-order valence-corrected chi connectivity index (χ1v) is 6.93. The normalized spacial score (nSPS) is 18.6. The van der Waals surface area contributed by atoms with Crippen LogP contribution in [0.15, 0.2) is 42.5 Å². The van der Waals surface area contributed by atoms with Crippen molar-refractivity contribution >= 4 is 10.8 Å². The lowest BCUT2D eigenvalue weighted by Gasteiger charge is -2.34. The summed E-state index contributed by atoms with van der Waals surface area (Å²) in [5.74, 6) is 0. The van der Waals surface area contributed by atoms with Crippen LogP contribution in [-0.2, 0) is 0 Å². The zero-order valence-electron chi connectivity index (χ0n) is 11.0. The largest absolute Gasteiger partial charge is 0.394 e. The lowest BCUT2D eigenvalue weighted by molar-refractivity contribution is 0.111. The van der Waals surface area contributed by atoms with Gasteiger partial charge in [0.1, 0.15) is 0 Å². The van der Waals surface area contributed by atoms with E-state index in [9.17, 15) is 5.11 Å². The number of hydrogen-bond acceptors (Lipinski definition) is 3. The quantitative estimate of drug-likeness (QED) is 0.878. The number of nitrogens with zero attached hydrogens (tertiary/aromatic N) is 1. The Kier molecular flexibility index (Phi) is 3.78. The SMILES string of the molecule is OCC(c1cccc2ccccc12)N1CCNCC1. The molecule has 2 aromatic rings. The smallest absolute Gasteiger partial charge is 0.0628 e. The molecule has 0 amide bonds. The van der Waals surface area contributed by atoms with Crippen LogP contribution < -0.4 is 5.32 Å². The average molecular weight is 256 g/mol. The standard InChI is InChI=1S/C16H20N2O/c19-12-16(18-10-8-17-9-11-18)15-7-3-5-13-4-1-2-6-14(13)15/h1-7,16-17,19H,8-12H2. The van der Waals surface area contributed by atoms with Crippen LogP contribution >= 0.6 is 0 Å². The molecule has 0 radical (unpaired) electrons. The highest BCUT2D eigenvalue weighted by Crippen LogP contribution is 2.28. The fraction of sp³-hybridized carbons (Fsp3) is 0.375. The molecule has 0 bridgehead atoms. The van der Waals surface area contributed by atoms with Crippen LogP contribution in [0.2, 0.25) is 0 Å². The van der Waals surface area contributed by atoms with Gasteiger partial charge in [0.25, 0.3) is 0 Å². The van der Waals surface area contributed by atoms with E-state index in [2.05, 4.69) is 52.7 Å². The molecule has 0 spiro atoms. The van der Waals surface area contributed by atoms with E-state index >= 15 is 0 Å². The van der Waals surface area contributed by atoms with Crippen molar-refractivity contribution in [3.05, 3.63) is 48.0 Å². The summed E-state index contributed by atoms with van der Waals surface area (Å²) in [5, 5.41) is 15.7. The van der Waals surface area contributed by atoms with Crippen molar-refractivity contribution < 1.29 is 5.11 Å². The van der Waals surface area contributed by atoms with E-state index in [1.54, 1.807) is 0 Å². The minimum Gasteiger partial charge on any atom is -0.394 e. The van der Waals surface area contributed by atoms with Crippen LogP contribution in [0.4, 0.5) is 0 Å². The Hall–Kier alpha value is -1.42. The van der Waals surface area contributed by atoms with E-state index in [0.717, 1.165) is 26.2 Å². The molecule has 0 saturated carbocycles. The Bertz CT molecular complexity index is 544. The second-order valence-corrected chi connectivity index (χ2v) is 5.05. The van der Waals surface area contributed by atoms with Gasteiger partial charge in [0.2, 0.25) is 0 Å². The van der Waals surface area contributed by atoms with Gasteiger partial charge in [-0.2, -0.15) is 0 Å². The van der Waals surface area contributed by atoms with Gasteiger partial charge in [-0.15, -0.1) is 0 Å². The Morgan fingerprint density at radius 2 is 1.79 bits per heavy atom. The van der Waals surface area contributed by atoms with E-state index in [4.69, 9.17) is 0 Å². The molecule has 1 heterocycles. The highest BCUT2D eigenvalue weighted by atomic mass is 16.3. The number of nitrogens with one attached hydrogen (secondary N) is 1. The molecule has 2 N–H and O–H groups in total. The van der Waals surface area contributed by atoms with Crippen LogP contribution in [0.25, 0.3) is 10.8 Å². The first-order chi connectivity index (χ1) is 9.40. The number of hydrogen-bond donors (Lipinski definition) is 2. The molecular formula is C16H20N2O. The second kappa shape index (κ2) is 5.70. The fourth-order valence-electron chi connectivity index (χ4n) is 2.95. The van der Waals surface area contributed by atoms with E-state index in [-0.39, 0.29) is 12.6 Å². The van der Waals surface area contributed by atoms with Gasteiger partial charge in [0.15, 0.2) is 0 Å². The second-order valence-electron chi connectivity index (χ2n) is 5.05. The molecule has 1 aliphatic heterocycles. The Balaban J connectivity index is 2.00. The van der Waals surface area contributed by atoms with E-state index in [1.165, 1.54) is 16.3 Å². The summed E-state index contributed by atoms with van der Waals surface area (Å²) >= 11 is 0. The summed E-state index contributed by atoms with van der Waals surface area (Å²) in [7, 11) is 0. The number of piperazine rings is 1. The maximum absolute atomic E-state index is 9.83. The van der Waals surface area contributed by atoms with Crippen molar-refractivity contribution in [2.24, 2.45) is 0 Å². The number of benzene rings is 2. The third-order valence-electron chi connectivity index (χ3n) is 3.95. The van der Waals surface area contributed by atoms with E-state index in [1.807, 2.05) is 0 Å². The predicted octanol–water partition coefficient (Wildman–Crippen LogP) is 1.78. The van der Waals surface area contributed by atoms with Crippen molar-refractivity contribution in [3.63, 3.8) is 0 Å². The number of aliphatic hydroxyl groups excluding tert-OH is 1. The van der Waals surface area contributed by atoms with E-state index < -0.39 is 0 Å². The van der Waals surface area contributed by atoms with Crippen molar-refractivity contribution in [2.45, 2.75) is 6.04 Å². The van der Waals surface area contributed by atoms with Gasteiger partial charge >= 0.3 is 0 Å². The van der Waals surface area contributed by atoms with Gasteiger partial charge in [-0.25, -0.2) is 0 Å². The molecule has 2 aromatic carbocycles. The van der Waals surface area contributed by atoms with Crippen LogP contribution in [0.1, 0.15) is 11.6 Å². The first kappa shape index (κ1) is 12.6.